The van der Waals surface area contributed by atoms with Gasteiger partial charge in [-0.3, -0.25) is 0 Å². The highest BCUT2D eigenvalue weighted by atomic mass is 16.5. The first-order valence-corrected chi connectivity index (χ1v) is 6.16. The number of hydrogen-bond donors (Lipinski definition) is 1. The fraction of sp³-hybridized carbons (Fsp3) is 0.571. The first-order valence-electron chi connectivity index (χ1n) is 6.16. The Morgan fingerprint density at radius 1 is 1.24 bits per heavy atom. The smallest absolute Gasteiger partial charge is 0.124 e. The molecule has 0 radical (unpaired) electrons. The van der Waals surface area contributed by atoms with Crippen LogP contribution in [0.4, 0.5) is 5.69 Å². The summed E-state index contributed by atoms with van der Waals surface area (Å²) >= 11 is 0. The van der Waals surface area contributed by atoms with Gasteiger partial charge in [0.15, 0.2) is 0 Å². The van der Waals surface area contributed by atoms with Crippen molar-refractivity contribution >= 4 is 5.69 Å². The van der Waals surface area contributed by atoms with Crippen molar-refractivity contribution in [3.63, 3.8) is 0 Å². The summed E-state index contributed by atoms with van der Waals surface area (Å²) in [6.45, 7) is 7.96. The van der Waals surface area contributed by atoms with Gasteiger partial charge in [-0.1, -0.05) is 0 Å². The predicted molar refractivity (Wildman–Crippen MR) is 69.7 cm³/mol. The summed E-state index contributed by atoms with van der Waals surface area (Å²) in [4.78, 5) is 0. The monoisotopic (exact) mass is 235 g/mol. The highest BCUT2D eigenvalue weighted by Gasteiger charge is 2.17. The SMILES string of the molecule is CC(C)(C)Nc1ccc(O[C@H]2CCOC2)cc1. The fourth-order valence-corrected chi connectivity index (χ4v) is 1.85. The molecule has 1 aromatic carbocycles. The van der Waals surface area contributed by atoms with E-state index >= 15 is 0 Å². The molecule has 1 heterocycles. The number of anilines is 1. The second-order valence-corrected chi connectivity index (χ2v) is 5.50. The molecular formula is C14H21NO2. The van der Waals surface area contributed by atoms with Crippen molar-refractivity contribution in [3.8, 4) is 5.75 Å². The third-order valence-electron chi connectivity index (χ3n) is 2.56. The molecule has 1 aliphatic heterocycles. The van der Waals surface area contributed by atoms with E-state index in [1.807, 2.05) is 12.1 Å². The van der Waals surface area contributed by atoms with Crippen LogP contribution in [0.2, 0.25) is 0 Å². The molecule has 1 atom stereocenters. The third kappa shape index (κ3) is 3.93. The zero-order valence-corrected chi connectivity index (χ0v) is 10.8. The summed E-state index contributed by atoms with van der Waals surface area (Å²) in [7, 11) is 0. The van der Waals surface area contributed by atoms with E-state index in [1.165, 1.54) is 0 Å². The van der Waals surface area contributed by atoms with Crippen molar-refractivity contribution in [1.82, 2.24) is 0 Å². The third-order valence-corrected chi connectivity index (χ3v) is 2.56. The Morgan fingerprint density at radius 3 is 2.47 bits per heavy atom. The van der Waals surface area contributed by atoms with Crippen molar-refractivity contribution in [3.05, 3.63) is 24.3 Å². The Kier molecular flexibility index (Phi) is 3.57. The van der Waals surface area contributed by atoms with Crippen LogP contribution in [0.25, 0.3) is 0 Å². The summed E-state index contributed by atoms with van der Waals surface area (Å²) in [6, 6.07) is 8.12. The molecule has 3 heteroatoms. The number of nitrogens with one attached hydrogen (secondary N) is 1. The van der Waals surface area contributed by atoms with Crippen LogP contribution in [-0.2, 0) is 4.74 Å². The van der Waals surface area contributed by atoms with Gasteiger partial charge < -0.3 is 14.8 Å². The summed E-state index contributed by atoms with van der Waals surface area (Å²) in [6.07, 6.45) is 1.21. The van der Waals surface area contributed by atoms with Crippen molar-refractivity contribution < 1.29 is 9.47 Å². The molecule has 0 spiro atoms. The van der Waals surface area contributed by atoms with E-state index < -0.39 is 0 Å². The second-order valence-electron chi connectivity index (χ2n) is 5.50. The van der Waals surface area contributed by atoms with Gasteiger partial charge in [0.1, 0.15) is 11.9 Å². The van der Waals surface area contributed by atoms with Crippen molar-refractivity contribution in [2.45, 2.75) is 38.8 Å². The average Bonchev–Trinajstić information content (AvgIpc) is 2.71. The molecule has 0 unspecified atom stereocenters. The Balaban J connectivity index is 1.93. The quantitative estimate of drug-likeness (QED) is 0.873. The molecule has 94 valence electrons. The Hall–Kier alpha value is -1.22. The van der Waals surface area contributed by atoms with E-state index in [9.17, 15) is 0 Å². The van der Waals surface area contributed by atoms with Crippen molar-refractivity contribution in [2.24, 2.45) is 0 Å². The predicted octanol–water partition coefficient (Wildman–Crippen LogP) is 3.06. The highest BCUT2D eigenvalue weighted by molar-refractivity contribution is 5.47. The van der Waals surface area contributed by atoms with Crippen LogP contribution in [0, 0.1) is 0 Å². The summed E-state index contributed by atoms with van der Waals surface area (Å²) in [5.41, 5.74) is 1.20. The molecule has 0 aliphatic carbocycles. The van der Waals surface area contributed by atoms with E-state index in [4.69, 9.17) is 9.47 Å². The number of benzene rings is 1. The van der Waals surface area contributed by atoms with Crippen molar-refractivity contribution in [1.29, 1.82) is 0 Å². The number of ether oxygens (including phenoxy) is 2. The Labute approximate surface area is 103 Å². The molecule has 0 bridgehead atoms. The first kappa shape index (κ1) is 12.2. The lowest BCUT2D eigenvalue weighted by molar-refractivity contribution is 0.141. The molecule has 1 aromatic rings. The normalized spacial score (nSPS) is 20.3. The zero-order valence-electron chi connectivity index (χ0n) is 10.8. The van der Waals surface area contributed by atoms with Crippen LogP contribution in [0.3, 0.4) is 0 Å². The lowest BCUT2D eigenvalue weighted by Crippen LogP contribution is -2.25. The molecule has 3 nitrogen and oxygen atoms in total. The van der Waals surface area contributed by atoms with Gasteiger partial charge >= 0.3 is 0 Å². The summed E-state index contributed by atoms with van der Waals surface area (Å²) < 4.78 is 11.1. The second kappa shape index (κ2) is 4.96. The van der Waals surface area contributed by atoms with Crippen LogP contribution < -0.4 is 10.1 Å². The van der Waals surface area contributed by atoms with Gasteiger partial charge in [-0.25, -0.2) is 0 Å². The lowest BCUT2D eigenvalue weighted by Gasteiger charge is -2.22. The Morgan fingerprint density at radius 2 is 1.94 bits per heavy atom. The summed E-state index contributed by atoms with van der Waals surface area (Å²) in [5, 5.41) is 3.42. The maximum absolute atomic E-state index is 5.81. The van der Waals surface area contributed by atoms with Crippen LogP contribution >= 0.6 is 0 Å². The van der Waals surface area contributed by atoms with Crippen LogP contribution in [0.15, 0.2) is 24.3 Å². The van der Waals surface area contributed by atoms with Crippen LogP contribution in [-0.4, -0.2) is 24.9 Å². The van der Waals surface area contributed by atoms with E-state index in [0.29, 0.717) is 6.61 Å². The average molecular weight is 235 g/mol. The van der Waals surface area contributed by atoms with Crippen molar-refractivity contribution in [2.75, 3.05) is 18.5 Å². The fourth-order valence-electron chi connectivity index (χ4n) is 1.85. The minimum atomic E-state index is 0.0850. The largest absolute Gasteiger partial charge is 0.488 e. The van der Waals surface area contributed by atoms with Gasteiger partial charge in [0, 0.05) is 17.6 Å². The molecule has 2 rings (SSSR count). The van der Waals surface area contributed by atoms with Gasteiger partial charge in [-0.05, 0) is 45.0 Å². The molecule has 17 heavy (non-hydrogen) atoms. The maximum Gasteiger partial charge on any atom is 0.124 e. The van der Waals surface area contributed by atoms with E-state index in [0.717, 1.165) is 24.5 Å². The Bertz CT molecular complexity index is 347. The molecule has 0 saturated carbocycles. The minimum absolute atomic E-state index is 0.0850. The minimum Gasteiger partial charge on any atom is -0.488 e. The zero-order chi connectivity index (χ0) is 12.3. The molecular weight excluding hydrogens is 214 g/mol. The maximum atomic E-state index is 5.81. The van der Waals surface area contributed by atoms with Gasteiger partial charge in [0.25, 0.3) is 0 Å². The molecule has 1 fully saturated rings. The lowest BCUT2D eigenvalue weighted by atomic mass is 10.1. The number of rotatable bonds is 3. The van der Waals surface area contributed by atoms with Gasteiger partial charge in [-0.2, -0.15) is 0 Å². The molecule has 0 aromatic heterocycles. The molecule has 1 saturated heterocycles. The molecule has 0 amide bonds. The van der Waals surface area contributed by atoms with Gasteiger partial charge in [0.2, 0.25) is 0 Å². The van der Waals surface area contributed by atoms with E-state index in [2.05, 4.69) is 38.2 Å². The molecule has 1 N–H and O–H groups in total. The van der Waals surface area contributed by atoms with Crippen LogP contribution in [0.5, 0.6) is 5.75 Å². The van der Waals surface area contributed by atoms with Gasteiger partial charge in [0.05, 0.1) is 13.2 Å². The van der Waals surface area contributed by atoms with Crippen LogP contribution in [0.1, 0.15) is 27.2 Å². The van der Waals surface area contributed by atoms with Gasteiger partial charge in [-0.15, -0.1) is 0 Å². The van der Waals surface area contributed by atoms with E-state index in [-0.39, 0.29) is 11.6 Å². The molecule has 1 aliphatic rings. The standard InChI is InChI=1S/C14H21NO2/c1-14(2,3)15-11-4-6-12(7-5-11)17-13-8-9-16-10-13/h4-7,13,15H,8-10H2,1-3H3/t13-/m0/s1. The number of hydrogen-bond acceptors (Lipinski definition) is 3. The first-order chi connectivity index (χ1) is 8.03. The highest BCUT2D eigenvalue weighted by Crippen LogP contribution is 2.21. The van der Waals surface area contributed by atoms with E-state index in [1.54, 1.807) is 0 Å². The summed E-state index contributed by atoms with van der Waals surface area (Å²) in [5.74, 6) is 0.917. The topological polar surface area (TPSA) is 30.5 Å².